The lowest BCUT2D eigenvalue weighted by Gasteiger charge is -2.14. The Hall–Kier alpha value is -2.69. The third-order valence-corrected chi connectivity index (χ3v) is 4.27. The van der Waals surface area contributed by atoms with Gasteiger partial charge in [0.15, 0.2) is 6.61 Å². The molecule has 0 unspecified atom stereocenters. The van der Waals surface area contributed by atoms with E-state index in [4.69, 9.17) is 14.2 Å². The van der Waals surface area contributed by atoms with E-state index >= 15 is 0 Å². The molecule has 0 fully saturated rings. The van der Waals surface area contributed by atoms with E-state index < -0.39 is 0 Å². The van der Waals surface area contributed by atoms with Gasteiger partial charge >= 0.3 is 0 Å². The van der Waals surface area contributed by atoms with Crippen molar-refractivity contribution >= 4 is 11.6 Å². The maximum Gasteiger partial charge on any atom is 0.262 e. The highest BCUT2D eigenvalue weighted by Crippen LogP contribution is 2.38. The van der Waals surface area contributed by atoms with Crippen molar-refractivity contribution in [1.29, 1.82) is 0 Å². The molecular formula is C21H25NO4. The fraction of sp³-hybridized carbons (Fsp3) is 0.381. The number of ether oxygens (including phenoxy) is 3. The summed E-state index contributed by atoms with van der Waals surface area (Å²) in [7, 11) is 0. The summed E-state index contributed by atoms with van der Waals surface area (Å²) in [5.74, 6) is 1.89. The molecule has 1 amide bonds. The summed E-state index contributed by atoms with van der Waals surface area (Å²) in [6, 6.07) is 11.5. The number of fused-ring (bicyclic) bond motifs is 1. The molecule has 26 heavy (non-hydrogen) atoms. The number of amides is 1. The molecule has 0 aromatic heterocycles. The first kappa shape index (κ1) is 18.1. The lowest BCUT2D eigenvalue weighted by Crippen LogP contribution is -2.20. The Bertz CT molecular complexity index is 770. The van der Waals surface area contributed by atoms with Crippen LogP contribution in [0.4, 0.5) is 5.69 Å². The predicted molar refractivity (Wildman–Crippen MR) is 101 cm³/mol. The lowest BCUT2D eigenvalue weighted by atomic mass is 10.1. The normalized spacial score (nSPS) is 15.1. The average Bonchev–Trinajstić information content (AvgIpc) is 2.99. The van der Waals surface area contributed by atoms with Crippen LogP contribution in [0, 0.1) is 0 Å². The zero-order valence-corrected chi connectivity index (χ0v) is 15.5. The van der Waals surface area contributed by atoms with Gasteiger partial charge in [0.1, 0.15) is 23.4 Å². The van der Waals surface area contributed by atoms with Gasteiger partial charge in [-0.3, -0.25) is 4.79 Å². The maximum atomic E-state index is 12.3. The molecule has 1 atom stereocenters. The van der Waals surface area contributed by atoms with Gasteiger partial charge in [-0.2, -0.15) is 0 Å². The Morgan fingerprint density at radius 1 is 1.19 bits per heavy atom. The van der Waals surface area contributed by atoms with Crippen molar-refractivity contribution in [3.8, 4) is 17.2 Å². The molecule has 0 bridgehead atoms. The van der Waals surface area contributed by atoms with E-state index in [1.54, 1.807) is 0 Å². The summed E-state index contributed by atoms with van der Waals surface area (Å²) < 4.78 is 17.0. The van der Waals surface area contributed by atoms with E-state index in [2.05, 4.69) is 12.2 Å². The second-order valence-corrected chi connectivity index (χ2v) is 6.36. The number of aryl methyl sites for hydroxylation is 1. The second-order valence-electron chi connectivity index (χ2n) is 6.36. The van der Waals surface area contributed by atoms with Crippen molar-refractivity contribution in [3.63, 3.8) is 0 Å². The van der Waals surface area contributed by atoms with Crippen LogP contribution in [-0.2, 0) is 17.6 Å². The first-order valence-electron chi connectivity index (χ1n) is 9.07. The van der Waals surface area contributed by atoms with Crippen LogP contribution < -0.4 is 19.5 Å². The van der Waals surface area contributed by atoms with E-state index in [1.807, 2.05) is 50.2 Å². The Morgan fingerprint density at radius 2 is 1.96 bits per heavy atom. The summed E-state index contributed by atoms with van der Waals surface area (Å²) in [5.41, 5.74) is 2.94. The maximum absolute atomic E-state index is 12.3. The Kier molecular flexibility index (Phi) is 5.66. The highest BCUT2D eigenvalue weighted by molar-refractivity contribution is 5.93. The van der Waals surface area contributed by atoms with Crippen molar-refractivity contribution in [2.24, 2.45) is 0 Å². The largest absolute Gasteiger partial charge is 0.492 e. The molecule has 2 aromatic rings. The van der Waals surface area contributed by atoms with Gasteiger partial charge < -0.3 is 19.5 Å². The third-order valence-electron chi connectivity index (χ3n) is 4.27. The minimum absolute atomic E-state index is 0.0641. The van der Waals surface area contributed by atoms with E-state index in [0.717, 1.165) is 24.2 Å². The van der Waals surface area contributed by atoms with Crippen LogP contribution in [0.15, 0.2) is 36.4 Å². The Labute approximate surface area is 154 Å². The highest BCUT2D eigenvalue weighted by atomic mass is 16.5. The molecule has 3 rings (SSSR count). The molecule has 1 heterocycles. The highest BCUT2D eigenvalue weighted by Gasteiger charge is 2.22. The summed E-state index contributed by atoms with van der Waals surface area (Å²) in [5, 5.41) is 2.86. The third kappa shape index (κ3) is 4.28. The van der Waals surface area contributed by atoms with Crippen LogP contribution in [0.5, 0.6) is 17.2 Å². The molecule has 0 spiro atoms. The first-order valence-corrected chi connectivity index (χ1v) is 9.07. The Morgan fingerprint density at radius 3 is 2.65 bits per heavy atom. The number of nitrogens with one attached hydrogen (secondary N) is 1. The smallest absolute Gasteiger partial charge is 0.262 e. The van der Waals surface area contributed by atoms with Crippen molar-refractivity contribution < 1.29 is 19.0 Å². The van der Waals surface area contributed by atoms with Crippen molar-refractivity contribution in [2.45, 2.75) is 39.7 Å². The minimum atomic E-state index is -0.239. The average molecular weight is 355 g/mol. The van der Waals surface area contributed by atoms with E-state index in [1.165, 1.54) is 5.56 Å². The van der Waals surface area contributed by atoms with Gasteiger partial charge in [0.2, 0.25) is 0 Å². The predicted octanol–water partition coefficient (Wildman–Crippen LogP) is 3.99. The van der Waals surface area contributed by atoms with Gasteiger partial charge in [0.25, 0.3) is 5.91 Å². The zero-order valence-electron chi connectivity index (χ0n) is 15.5. The lowest BCUT2D eigenvalue weighted by molar-refractivity contribution is -0.118. The quantitative estimate of drug-likeness (QED) is 0.816. The molecule has 0 aliphatic carbocycles. The van der Waals surface area contributed by atoms with Crippen LogP contribution in [0.1, 0.15) is 31.9 Å². The molecule has 2 aromatic carbocycles. The molecule has 0 radical (unpaired) electrons. The van der Waals surface area contributed by atoms with Gasteiger partial charge in [0, 0.05) is 18.1 Å². The molecule has 0 saturated carbocycles. The van der Waals surface area contributed by atoms with E-state index in [9.17, 15) is 4.79 Å². The van der Waals surface area contributed by atoms with Gasteiger partial charge in [-0.1, -0.05) is 19.1 Å². The Balaban J connectivity index is 1.65. The van der Waals surface area contributed by atoms with Gasteiger partial charge in [-0.05, 0) is 44.0 Å². The molecule has 1 N–H and O–H groups in total. The molecular weight excluding hydrogens is 330 g/mol. The van der Waals surface area contributed by atoms with E-state index in [-0.39, 0.29) is 18.6 Å². The fourth-order valence-corrected chi connectivity index (χ4v) is 2.97. The summed E-state index contributed by atoms with van der Waals surface area (Å²) >= 11 is 0. The van der Waals surface area contributed by atoms with Crippen LogP contribution in [-0.4, -0.2) is 25.2 Å². The number of hydrogen-bond acceptors (Lipinski definition) is 4. The molecule has 0 saturated heterocycles. The van der Waals surface area contributed by atoms with Crippen LogP contribution in [0.25, 0.3) is 0 Å². The molecule has 1 aliphatic rings. The van der Waals surface area contributed by atoms with Crippen LogP contribution in [0.2, 0.25) is 0 Å². The zero-order chi connectivity index (χ0) is 18.5. The van der Waals surface area contributed by atoms with Gasteiger partial charge in [-0.15, -0.1) is 0 Å². The standard InChI is InChI=1S/C21H25NO4/c1-4-15-6-8-17(9-7-15)25-13-21(23)22-18-12-19-16(10-14(3)26-19)11-20(18)24-5-2/h6-9,11-12,14H,4-5,10,13H2,1-3H3,(H,22,23)/t14-/m0/s1. The first-order chi connectivity index (χ1) is 12.6. The number of anilines is 1. The van der Waals surface area contributed by atoms with E-state index in [0.29, 0.717) is 23.8 Å². The number of carbonyl (C=O) groups excluding carboxylic acids is 1. The van der Waals surface area contributed by atoms with Gasteiger partial charge in [-0.25, -0.2) is 0 Å². The number of hydrogen-bond donors (Lipinski definition) is 1. The number of benzene rings is 2. The van der Waals surface area contributed by atoms with Crippen LogP contribution in [0.3, 0.4) is 0 Å². The second kappa shape index (κ2) is 8.13. The van der Waals surface area contributed by atoms with Crippen molar-refractivity contribution in [1.82, 2.24) is 0 Å². The topological polar surface area (TPSA) is 56.8 Å². The molecule has 5 nitrogen and oxygen atoms in total. The number of carbonyl (C=O) groups is 1. The van der Waals surface area contributed by atoms with Crippen molar-refractivity contribution in [2.75, 3.05) is 18.5 Å². The molecule has 138 valence electrons. The minimum Gasteiger partial charge on any atom is -0.492 e. The molecule has 1 aliphatic heterocycles. The van der Waals surface area contributed by atoms with Crippen LogP contribution >= 0.6 is 0 Å². The van der Waals surface area contributed by atoms with Gasteiger partial charge in [0.05, 0.1) is 12.3 Å². The summed E-state index contributed by atoms with van der Waals surface area (Å²) in [4.78, 5) is 12.3. The summed E-state index contributed by atoms with van der Waals surface area (Å²) in [6.07, 6.45) is 1.96. The van der Waals surface area contributed by atoms with Crippen molar-refractivity contribution in [3.05, 3.63) is 47.5 Å². The molecule has 5 heteroatoms. The monoisotopic (exact) mass is 355 g/mol. The number of rotatable bonds is 7. The fourth-order valence-electron chi connectivity index (χ4n) is 2.97. The summed E-state index contributed by atoms with van der Waals surface area (Å²) in [6.45, 7) is 6.50. The SMILES string of the molecule is CCOc1cc2c(cc1NC(=O)COc1ccc(CC)cc1)O[C@@H](C)C2.